The van der Waals surface area contributed by atoms with E-state index in [4.69, 9.17) is 4.74 Å². The van der Waals surface area contributed by atoms with Gasteiger partial charge in [-0.2, -0.15) is 0 Å². The van der Waals surface area contributed by atoms with Crippen LogP contribution in [0.15, 0.2) is 23.2 Å². The number of ether oxygens (including phenoxy) is 1. The molecule has 19 heavy (non-hydrogen) atoms. The predicted octanol–water partition coefficient (Wildman–Crippen LogP) is 1.22. The molecule has 0 saturated heterocycles. The minimum absolute atomic E-state index is 0.159. The number of anilines is 1. The number of pyridine rings is 1. The van der Waals surface area contributed by atoms with Crippen LogP contribution in [0.5, 0.6) is 0 Å². The predicted molar refractivity (Wildman–Crippen MR) is 74.7 cm³/mol. The first-order valence-electron chi connectivity index (χ1n) is 6.25. The van der Waals surface area contributed by atoms with Gasteiger partial charge in [-0.1, -0.05) is 6.92 Å². The highest BCUT2D eigenvalue weighted by Crippen LogP contribution is 2.18. The largest absolute Gasteiger partial charge is 0.383 e. The van der Waals surface area contributed by atoms with Crippen molar-refractivity contribution >= 4 is 15.8 Å². The van der Waals surface area contributed by atoms with E-state index in [0.717, 1.165) is 0 Å². The Kier molecular flexibility index (Phi) is 6.20. The summed E-state index contributed by atoms with van der Waals surface area (Å²) in [6, 6.07) is 2.89. The van der Waals surface area contributed by atoms with Crippen molar-refractivity contribution < 1.29 is 13.2 Å². The number of aromatic nitrogens is 1. The van der Waals surface area contributed by atoms with Gasteiger partial charge < -0.3 is 10.1 Å². The van der Waals surface area contributed by atoms with Crippen LogP contribution < -0.4 is 10.0 Å². The maximum absolute atomic E-state index is 12.3. The molecule has 1 heterocycles. The van der Waals surface area contributed by atoms with Crippen molar-refractivity contribution in [1.29, 1.82) is 0 Å². The van der Waals surface area contributed by atoms with E-state index in [1.165, 1.54) is 6.07 Å². The van der Waals surface area contributed by atoms with Crippen molar-refractivity contribution in [1.82, 2.24) is 9.71 Å². The SMILES string of the molecule is CCNc1ncccc1S(=O)(=O)NC(CC)COC. The molecule has 7 heteroatoms. The lowest BCUT2D eigenvalue weighted by atomic mass is 10.3. The topological polar surface area (TPSA) is 80.3 Å². The molecule has 0 aliphatic rings. The second kappa shape index (κ2) is 7.42. The zero-order valence-electron chi connectivity index (χ0n) is 11.5. The molecule has 0 amide bonds. The lowest BCUT2D eigenvalue weighted by molar-refractivity contribution is 0.173. The Labute approximate surface area is 114 Å². The van der Waals surface area contributed by atoms with Gasteiger partial charge in [-0.15, -0.1) is 0 Å². The number of rotatable bonds is 8. The second-order valence-electron chi connectivity index (χ2n) is 4.06. The Morgan fingerprint density at radius 2 is 2.16 bits per heavy atom. The van der Waals surface area contributed by atoms with Crippen LogP contribution >= 0.6 is 0 Å². The van der Waals surface area contributed by atoms with E-state index >= 15 is 0 Å². The minimum atomic E-state index is -3.60. The molecular weight excluding hydrogens is 266 g/mol. The zero-order chi connectivity index (χ0) is 14.3. The molecule has 0 aliphatic heterocycles. The summed E-state index contributed by atoms with van der Waals surface area (Å²) in [7, 11) is -2.05. The van der Waals surface area contributed by atoms with Gasteiger partial charge in [0, 0.05) is 25.9 Å². The molecule has 108 valence electrons. The summed E-state index contributed by atoms with van der Waals surface area (Å²) in [5, 5.41) is 2.94. The summed E-state index contributed by atoms with van der Waals surface area (Å²) in [6.07, 6.45) is 2.22. The summed E-state index contributed by atoms with van der Waals surface area (Å²) < 4.78 is 32.3. The Bertz CT molecular complexity index is 491. The highest BCUT2D eigenvalue weighted by molar-refractivity contribution is 7.89. The fourth-order valence-electron chi connectivity index (χ4n) is 1.63. The Balaban J connectivity index is 2.99. The van der Waals surface area contributed by atoms with Crippen LogP contribution in [0.3, 0.4) is 0 Å². The highest BCUT2D eigenvalue weighted by Gasteiger charge is 2.22. The van der Waals surface area contributed by atoms with Crippen molar-refractivity contribution in [2.45, 2.75) is 31.2 Å². The first-order chi connectivity index (χ1) is 9.05. The van der Waals surface area contributed by atoms with E-state index in [0.29, 0.717) is 25.4 Å². The fraction of sp³-hybridized carbons (Fsp3) is 0.583. The summed E-state index contributed by atoms with van der Waals surface area (Å²) in [4.78, 5) is 4.21. The average Bonchev–Trinajstić information content (AvgIpc) is 2.39. The minimum Gasteiger partial charge on any atom is -0.383 e. The van der Waals surface area contributed by atoms with Gasteiger partial charge in [0.2, 0.25) is 10.0 Å². The van der Waals surface area contributed by atoms with Gasteiger partial charge in [-0.3, -0.25) is 0 Å². The lowest BCUT2D eigenvalue weighted by Crippen LogP contribution is -2.37. The summed E-state index contributed by atoms with van der Waals surface area (Å²) in [5.41, 5.74) is 0. The van der Waals surface area contributed by atoms with Gasteiger partial charge in [0.25, 0.3) is 0 Å². The second-order valence-corrected chi connectivity index (χ2v) is 5.74. The van der Waals surface area contributed by atoms with Crippen LogP contribution in [-0.2, 0) is 14.8 Å². The molecule has 1 unspecified atom stereocenters. The quantitative estimate of drug-likeness (QED) is 0.751. The molecule has 6 nitrogen and oxygen atoms in total. The Hall–Kier alpha value is -1.18. The normalized spacial score (nSPS) is 13.2. The number of nitrogens with one attached hydrogen (secondary N) is 2. The van der Waals surface area contributed by atoms with Crippen LogP contribution in [-0.4, -0.2) is 39.7 Å². The summed E-state index contributed by atoms with van der Waals surface area (Å²) in [5.74, 6) is 0.366. The number of hydrogen-bond donors (Lipinski definition) is 2. The maximum Gasteiger partial charge on any atom is 0.244 e. The van der Waals surface area contributed by atoms with Crippen molar-refractivity contribution in [2.24, 2.45) is 0 Å². The zero-order valence-corrected chi connectivity index (χ0v) is 12.3. The van der Waals surface area contributed by atoms with Gasteiger partial charge in [0.1, 0.15) is 10.7 Å². The van der Waals surface area contributed by atoms with E-state index in [2.05, 4.69) is 15.0 Å². The van der Waals surface area contributed by atoms with Crippen molar-refractivity contribution in [3.8, 4) is 0 Å². The van der Waals surface area contributed by atoms with Gasteiger partial charge >= 0.3 is 0 Å². The molecule has 0 saturated carbocycles. The molecule has 0 radical (unpaired) electrons. The molecule has 0 spiro atoms. The molecule has 1 aromatic heterocycles. The number of hydrogen-bond acceptors (Lipinski definition) is 5. The van der Waals surface area contributed by atoms with Crippen LogP contribution in [0.25, 0.3) is 0 Å². The monoisotopic (exact) mass is 287 g/mol. The van der Waals surface area contributed by atoms with Gasteiger partial charge in [0.05, 0.1) is 6.61 Å². The lowest BCUT2D eigenvalue weighted by Gasteiger charge is -2.17. The molecule has 0 fully saturated rings. The van der Waals surface area contributed by atoms with E-state index in [1.54, 1.807) is 19.4 Å². The summed E-state index contributed by atoms with van der Waals surface area (Å²) >= 11 is 0. The molecule has 0 aromatic carbocycles. The maximum atomic E-state index is 12.3. The molecule has 2 N–H and O–H groups in total. The van der Waals surface area contributed by atoms with Crippen LogP contribution in [0.4, 0.5) is 5.82 Å². The average molecular weight is 287 g/mol. The van der Waals surface area contributed by atoms with E-state index in [9.17, 15) is 8.42 Å². The molecule has 1 rings (SSSR count). The van der Waals surface area contributed by atoms with Gasteiger partial charge in [-0.25, -0.2) is 18.1 Å². The number of sulfonamides is 1. The third-order valence-corrected chi connectivity index (χ3v) is 4.14. The first-order valence-corrected chi connectivity index (χ1v) is 7.73. The standard InChI is InChI=1S/C12H21N3O3S/c1-4-10(9-18-3)15-19(16,17)11-7-6-8-14-12(11)13-5-2/h6-8,10,15H,4-5,9H2,1-3H3,(H,13,14). The van der Waals surface area contributed by atoms with Crippen LogP contribution in [0, 0.1) is 0 Å². The van der Waals surface area contributed by atoms with Crippen molar-refractivity contribution in [3.05, 3.63) is 18.3 Å². The number of nitrogens with zero attached hydrogens (tertiary/aromatic N) is 1. The Morgan fingerprint density at radius 3 is 2.74 bits per heavy atom. The number of methoxy groups -OCH3 is 1. The smallest absolute Gasteiger partial charge is 0.244 e. The van der Waals surface area contributed by atoms with Crippen molar-refractivity contribution in [2.75, 3.05) is 25.6 Å². The van der Waals surface area contributed by atoms with E-state index in [1.807, 2.05) is 13.8 Å². The third-order valence-electron chi connectivity index (χ3n) is 2.59. The molecular formula is C12H21N3O3S. The molecule has 1 aromatic rings. The summed E-state index contributed by atoms with van der Waals surface area (Å²) in [6.45, 7) is 4.74. The van der Waals surface area contributed by atoms with Gasteiger partial charge in [-0.05, 0) is 25.5 Å². The molecule has 1 atom stereocenters. The third kappa shape index (κ3) is 4.45. The Morgan fingerprint density at radius 1 is 1.42 bits per heavy atom. The van der Waals surface area contributed by atoms with Crippen LogP contribution in [0.2, 0.25) is 0 Å². The van der Waals surface area contributed by atoms with E-state index in [-0.39, 0.29) is 10.9 Å². The molecule has 0 aliphatic carbocycles. The first kappa shape index (κ1) is 15.9. The van der Waals surface area contributed by atoms with Crippen molar-refractivity contribution in [3.63, 3.8) is 0 Å². The van der Waals surface area contributed by atoms with E-state index < -0.39 is 10.0 Å². The van der Waals surface area contributed by atoms with Gasteiger partial charge in [0.15, 0.2) is 0 Å². The highest BCUT2D eigenvalue weighted by atomic mass is 32.2. The molecule has 0 bridgehead atoms. The fourth-order valence-corrected chi connectivity index (χ4v) is 3.06. The van der Waals surface area contributed by atoms with Crippen LogP contribution in [0.1, 0.15) is 20.3 Å².